The number of halogens is 3. The number of aliphatic hydroxyl groups excluding tert-OH is 1. The lowest BCUT2D eigenvalue weighted by Gasteiger charge is -2.18. The molecule has 0 fully saturated rings. The Kier molecular flexibility index (Phi) is 5.57. The molecule has 2 nitrogen and oxygen atoms in total. The monoisotopic (exact) mass is 309 g/mol. The molecule has 0 radical (unpaired) electrons. The van der Waals surface area contributed by atoms with Gasteiger partial charge in [-0.15, -0.1) is 0 Å². The molecule has 0 aliphatic rings. The molecule has 2 rings (SSSR count). The van der Waals surface area contributed by atoms with E-state index in [9.17, 15) is 18.3 Å². The van der Waals surface area contributed by atoms with Crippen LogP contribution in [0.15, 0.2) is 54.6 Å². The lowest BCUT2D eigenvalue weighted by Crippen LogP contribution is -2.34. The molecule has 2 N–H and O–H groups in total. The van der Waals surface area contributed by atoms with Crippen LogP contribution in [0.25, 0.3) is 0 Å². The van der Waals surface area contributed by atoms with Gasteiger partial charge in [-0.05, 0) is 23.6 Å². The molecule has 2 aromatic carbocycles. The van der Waals surface area contributed by atoms with Crippen molar-refractivity contribution < 1.29 is 18.3 Å². The summed E-state index contributed by atoms with van der Waals surface area (Å²) in [5.41, 5.74) is 0.568. The van der Waals surface area contributed by atoms with Crippen LogP contribution in [0, 0.1) is 0 Å². The number of hydrogen-bond acceptors (Lipinski definition) is 2. The molecule has 0 aliphatic heterocycles. The Morgan fingerprint density at radius 3 is 2.23 bits per heavy atom. The minimum Gasteiger partial charge on any atom is -0.395 e. The molecule has 0 unspecified atom stereocenters. The van der Waals surface area contributed by atoms with Crippen molar-refractivity contribution in [1.29, 1.82) is 0 Å². The fourth-order valence-electron chi connectivity index (χ4n) is 2.31. The SMILES string of the molecule is OC[C@@H](Cc1ccccc1)NCc1ccccc1C(F)(F)F. The second-order valence-corrected chi connectivity index (χ2v) is 5.11. The Morgan fingerprint density at radius 1 is 0.955 bits per heavy atom. The first-order chi connectivity index (χ1) is 10.5. The first-order valence-electron chi connectivity index (χ1n) is 7.04. The number of hydrogen-bond donors (Lipinski definition) is 2. The molecule has 0 aromatic heterocycles. The van der Waals surface area contributed by atoms with Gasteiger partial charge in [0.1, 0.15) is 0 Å². The van der Waals surface area contributed by atoms with Crippen LogP contribution in [0.2, 0.25) is 0 Å². The minimum atomic E-state index is -4.37. The van der Waals surface area contributed by atoms with Gasteiger partial charge < -0.3 is 10.4 Å². The zero-order valence-corrected chi connectivity index (χ0v) is 12.0. The largest absolute Gasteiger partial charge is 0.416 e. The van der Waals surface area contributed by atoms with Crippen LogP contribution in [0.5, 0.6) is 0 Å². The second-order valence-electron chi connectivity index (χ2n) is 5.11. The Bertz CT molecular complexity index is 584. The maximum Gasteiger partial charge on any atom is 0.416 e. The van der Waals surface area contributed by atoms with Crippen molar-refractivity contribution in [2.75, 3.05) is 6.61 Å². The molecule has 1 atom stereocenters. The third kappa shape index (κ3) is 4.58. The molecule has 2 aromatic rings. The normalized spacial score (nSPS) is 13.1. The van der Waals surface area contributed by atoms with Crippen molar-refractivity contribution in [2.24, 2.45) is 0 Å². The third-order valence-corrected chi connectivity index (χ3v) is 3.45. The molecule has 0 aliphatic carbocycles. The standard InChI is InChI=1S/C17H18F3NO/c18-17(19,20)16-9-5-4-8-14(16)11-21-15(12-22)10-13-6-2-1-3-7-13/h1-9,15,21-22H,10-12H2/t15-/m1/s1. The van der Waals surface area contributed by atoms with Crippen molar-refractivity contribution in [3.63, 3.8) is 0 Å². The van der Waals surface area contributed by atoms with Gasteiger partial charge in [0, 0.05) is 12.6 Å². The van der Waals surface area contributed by atoms with Crippen molar-refractivity contribution in [1.82, 2.24) is 5.32 Å². The molecular formula is C17H18F3NO. The van der Waals surface area contributed by atoms with Gasteiger partial charge in [-0.25, -0.2) is 0 Å². The van der Waals surface area contributed by atoms with E-state index < -0.39 is 11.7 Å². The van der Waals surface area contributed by atoms with Crippen LogP contribution in [0.4, 0.5) is 13.2 Å². The van der Waals surface area contributed by atoms with Crippen LogP contribution >= 0.6 is 0 Å². The molecule has 5 heteroatoms. The number of benzene rings is 2. The van der Waals surface area contributed by atoms with Crippen LogP contribution in [0.1, 0.15) is 16.7 Å². The van der Waals surface area contributed by atoms with Gasteiger partial charge in [0.15, 0.2) is 0 Å². The summed E-state index contributed by atoms with van der Waals surface area (Å²) in [6, 6.07) is 14.7. The molecule has 0 heterocycles. The van der Waals surface area contributed by atoms with Gasteiger partial charge in [-0.1, -0.05) is 48.5 Å². The fraction of sp³-hybridized carbons (Fsp3) is 0.294. The summed E-state index contributed by atoms with van der Waals surface area (Å²) in [7, 11) is 0. The second kappa shape index (κ2) is 7.42. The molecule has 0 saturated heterocycles. The molecule has 0 spiro atoms. The number of nitrogens with one attached hydrogen (secondary N) is 1. The van der Waals surface area contributed by atoms with E-state index in [2.05, 4.69) is 5.32 Å². The van der Waals surface area contributed by atoms with Gasteiger partial charge >= 0.3 is 6.18 Å². The highest BCUT2D eigenvalue weighted by molar-refractivity contribution is 5.29. The summed E-state index contributed by atoms with van der Waals surface area (Å²) in [5, 5.41) is 12.4. The van der Waals surface area contributed by atoms with E-state index >= 15 is 0 Å². The predicted octanol–water partition coefficient (Wildman–Crippen LogP) is 3.40. The van der Waals surface area contributed by atoms with Gasteiger partial charge in [-0.3, -0.25) is 0 Å². The third-order valence-electron chi connectivity index (χ3n) is 3.45. The smallest absolute Gasteiger partial charge is 0.395 e. The van der Waals surface area contributed by atoms with E-state index in [-0.39, 0.29) is 24.8 Å². The topological polar surface area (TPSA) is 32.3 Å². The van der Waals surface area contributed by atoms with Crippen molar-refractivity contribution >= 4 is 0 Å². The molecule has 0 amide bonds. The summed E-state index contributed by atoms with van der Waals surface area (Å²) in [4.78, 5) is 0. The first-order valence-corrected chi connectivity index (χ1v) is 7.04. The fourth-order valence-corrected chi connectivity index (χ4v) is 2.31. The highest BCUT2D eigenvalue weighted by atomic mass is 19.4. The van der Waals surface area contributed by atoms with E-state index in [1.165, 1.54) is 12.1 Å². The summed E-state index contributed by atoms with van der Waals surface area (Å²) in [5.74, 6) is 0. The predicted molar refractivity (Wildman–Crippen MR) is 79.3 cm³/mol. The van der Waals surface area contributed by atoms with Crippen molar-refractivity contribution in [3.8, 4) is 0 Å². The van der Waals surface area contributed by atoms with E-state index in [1.54, 1.807) is 6.07 Å². The van der Waals surface area contributed by atoms with E-state index in [0.29, 0.717) is 6.42 Å². The summed E-state index contributed by atoms with van der Waals surface area (Å²) < 4.78 is 38.8. The lowest BCUT2D eigenvalue weighted by atomic mass is 10.0. The van der Waals surface area contributed by atoms with Crippen molar-refractivity contribution in [3.05, 3.63) is 71.3 Å². The zero-order chi connectivity index (χ0) is 16.0. The van der Waals surface area contributed by atoms with Crippen LogP contribution in [0.3, 0.4) is 0 Å². The van der Waals surface area contributed by atoms with Gasteiger partial charge in [0.05, 0.1) is 12.2 Å². The van der Waals surface area contributed by atoms with E-state index in [4.69, 9.17) is 0 Å². The molecule has 118 valence electrons. The molecule has 0 bridgehead atoms. The average Bonchev–Trinajstić information content (AvgIpc) is 2.52. The molecule has 0 saturated carbocycles. The molecule has 22 heavy (non-hydrogen) atoms. The lowest BCUT2D eigenvalue weighted by molar-refractivity contribution is -0.138. The average molecular weight is 309 g/mol. The van der Waals surface area contributed by atoms with Crippen LogP contribution in [-0.4, -0.2) is 17.8 Å². The quantitative estimate of drug-likeness (QED) is 0.857. The maximum absolute atomic E-state index is 12.9. The number of alkyl halides is 3. The summed E-state index contributed by atoms with van der Waals surface area (Å²) in [6.07, 6.45) is -3.81. The maximum atomic E-state index is 12.9. The Morgan fingerprint density at radius 2 is 1.59 bits per heavy atom. The molecular weight excluding hydrogens is 291 g/mol. The van der Waals surface area contributed by atoms with Gasteiger partial charge in [-0.2, -0.15) is 13.2 Å². The Labute approximate surface area is 127 Å². The summed E-state index contributed by atoms with van der Waals surface area (Å²) >= 11 is 0. The van der Waals surface area contributed by atoms with Crippen LogP contribution < -0.4 is 5.32 Å². The highest BCUT2D eigenvalue weighted by Gasteiger charge is 2.32. The van der Waals surface area contributed by atoms with Crippen LogP contribution in [-0.2, 0) is 19.1 Å². The van der Waals surface area contributed by atoms with Gasteiger partial charge in [0.25, 0.3) is 0 Å². The highest BCUT2D eigenvalue weighted by Crippen LogP contribution is 2.31. The number of aliphatic hydroxyl groups is 1. The van der Waals surface area contributed by atoms with E-state index in [1.807, 2.05) is 30.3 Å². The Hall–Kier alpha value is -1.85. The zero-order valence-electron chi connectivity index (χ0n) is 12.0. The van der Waals surface area contributed by atoms with Crippen molar-refractivity contribution in [2.45, 2.75) is 25.2 Å². The minimum absolute atomic E-state index is 0.0632. The summed E-state index contributed by atoms with van der Waals surface area (Å²) in [6.45, 7) is -0.0726. The number of rotatable bonds is 6. The van der Waals surface area contributed by atoms with Gasteiger partial charge in [0.2, 0.25) is 0 Å². The first kappa shape index (κ1) is 16.5. The Balaban J connectivity index is 2.02. The van der Waals surface area contributed by atoms with E-state index in [0.717, 1.165) is 11.6 Å².